The van der Waals surface area contributed by atoms with Crippen molar-refractivity contribution in [3.05, 3.63) is 24.3 Å². The van der Waals surface area contributed by atoms with Crippen molar-refractivity contribution in [1.29, 1.82) is 0 Å². The number of hydrogen-bond donors (Lipinski definition) is 1. The van der Waals surface area contributed by atoms with Crippen LogP contribution >= 0.6 is 0 Å². The number of furan rings is 1. The van der Waals surface area contributed by atoms with E-state index in [1.54, 1.807) is 18.4 Å². The first-order valence-electron chi connectivity index (χ1n) is 10.0. The van der Waals surface area contributed by atoms with Crippen LogP contribution < -0.4 is 5.32 Å². The lowest BCUT2D eigenvalue weighted by molar-refractivity contribution is -0.137. The third kappa shape index (κ3) is 4.99. The number of aromatic nitrogens is 2. The van der Waals surface area contributed by atoms with E-state index in [9.17, 15) is 9.59 Å². The molecule has 1 fully saturated rings. The number of rotatable bonds is 8. The lowest BCUT2D eigenvalue weighted by Gasteiger charge is -2.34. The quantitative estimate of drug-likeness (QED) is 0.746. The minimum Gasteiger partial charge on any atom is -0.461 e. The fourth-order valence-electron chi connectivity index (χ4n) is 3.52. The maximum atomic E-state index is 12.4. The van der Waals surface area contributed by atoms with Crippen molar-refractivity contribution < 1.29 is 18.5 Å². The summed E-state index contributed by atoms with van der Waals surface area (Å²) in [6, 6.07) is 3.61. The molecule has 0 unspecified atom stereocenters. The van der Waals surface area contributed by atoms with E-state index in [2.05, 4.69) is 29.3 Å². The molecule has 0 aliphatic carbocycles. The van der Waals surface area contributed by atoms with Gasteiger partial charge in [0, 0.05) is 37.9 Å². The van der Waals surface area contributed by atoms with E-state index < -0.39 is 0 Å². The van der Waals surface area contributed by atoms with Crippen LogP contribution in [0.3, 0.4) is 0 Å². The number of nitrogens with one attached hydrogen (secondary N) is 1. The van der Waals surface area contributed by atoms with Gasteiger partial charge in [-0.15, -0.1) is 0 Å². The molecule has 0 spiro atoms. The topological polar surface area (TPSA) is 101 Å². The van der Waals surface area contributed by atoms with E-state index in [4.69, 9.17) is 8.94 Å². The van der Waals surface area contributed by atoms with E-state index in [-0.39, 0.29) is 30.2 Å². The lowest BCUT2D eigenvalue weighted by atomic mass is 9.98. The van der Waals surface area contributed by atoms with Gasteiger partial charge in [-0.2, -0.15) is 4.98 Å². The molecule has 0 saturated carbocycles. The zero-order chi connectivity index (χ0) is 19.9. The molecule has 8 nitrogen and oxygen atoms in total. The molecule has 1 saturated heterocycles. The maximum absolute atomic E-state index is 12.4. The summed E-state index contributed by atoms with van der Waals surface area (Å²) in [7, 11) is 0. The molecule has 0 radical (unpaired) electrons. The van der Waals surface area contributed by atoms with Gasteiger partial charge in [0.2, 0.25) is 23.5 Å². The molecule has 1 aliphatic rings. The highest BCUT2D eigenvalue weighted by Crippen LogP contribution is 2.18. The number of piperidine rings is 1. The summed E-state index contributed by atoms with van der Waals surface area (Å²) in [5.74, 6) is 1.66. The van der Waals surface area contributed by atoms with Gasteiger partial charge < -0.3 is 19.2 Å². The predicted octanol–water partition coefficient (Wildman–Crippen LogP) is 2.81. The Kier molecular flexibility index (Phi) is 6.84. The van der Waals surface area contributed by atoms with Crippen molar-refractivity contribution in [3.8, 4) is 11.6 Å². The van der Waals surface area contributed by atoms with Gasteiger partial charge in [0.15, 0.2) is 5.76 Å². The van der Waals surface area contributed by atoms with E-state index >= 15 is 0 Å². The highest BCUT2D eigenvalue weighted by molar-refractivity contribution is 5.79. The van der Waals surface area contributed by atoms with Gasteiger partial charge in [0.25, 0.3) is 0 Å². The number of carbonyl (C=O) groups is 2. The SMILES string of the molecule is CCC(CC)C(=O)N1CCC(NC(=O)CCc2nc(-c3ccco3)no2)CC1. The predicted molar refractivity (Wildman–Crippen MR) is 102 cm³/mol. The van der Waals surface area contributed by atoms with Gasteiger partial charge in [-0.3, -0.25) is 9.59 Å². The number of likely N-dealkylation sites (tertiary alicyclic amines) is 1. The minimum absolute atomic E-state index is 0.0393. The minimum atomic E-state index is -0.0393. The van der Waals surface area contributed by atoms with Crippen LogP contribution in [-0.4, -0.2) is 46.0 Å². The van der Waals surface area contributed by atoms with Crippen molar-refractivity contribution in [1.82, 2.24) is 20.4 Å². The summed E-state index contributed by atoms with van der Waals surface area (Å²) >= 11 is 0. The Labute approximate surface area is 164 Å². The molecule has 3 rings (SSSR count). The van der Waals surface area contributed by atoms with E-state index in [1.807, 2.05) is 4.90 Å². The van der Waals surface area contributed by atoms with Gasteiger partial charge in [-0.05, 0) is 37.8 Å². The van der Waals surface area contributed by atoms with Gasteiger partial charge >= 0.3 is 0 Å². The molecule has 8 heteroatoms. The third-order valence-electron chi connectivity index (χ3n) is 5.28. The summed E-state index contributed by atoms with van der Waals surface area (Å²) < 4.78 is 10.4. The molecule has 1 N–H and O–H groups in total. The van der Waals surface area contributed by atoms with Crippen LogP contribution in [0.5, 0.6) is 0 Å². The fourth-order valence-corrected chi connectivity index (χ4v) is 3.52. The Morgan fingerprint density at radius 2 is 2.04 bits per heavy atom. The summed E-state index contributed by atoms with van der Waals surface area (Å²) in [4.78, 5) is 30.9. The molecule has 2 aromatic rings. The smallest absolute Gasteiger partial charge is 0.238 e. The van der Waals surface area contributed by atoms with Crippen molar-refractivity contribution >= 4 is 11.8 Å². The Balaban J connectivity index is 1.40. The first-order valence-corrected chi connectivity index (χ1v) is 10.0. The Morgan fingerprint density at radius 1 is 1.29 bits per heavy atom. The zero-order valence-corrected chi connectivity index (χ0v) is 16.5. The molecule has 3 heterocycles. The second-order valence-corrected chi connectivity index (χ2v) is 7.17. The summed E-state index contributed by atoms with van der Waals surface area (Å²) in [5.41, 5.74) is 0. The van der Waals surface area contributed by atoms with Crippen LogP contribution in [0.15, 0.2) is 27.3 Å². The van der Waals surface area contributed by atoms with E-state index in [0.717, 1.165) is 25.7 Å². The van der Waals surface area contributed by atoms with Crippen LogP contribution in [0.4, 0.5) is 0 Å². The van der Waals surface area contributed by atoms with Crippen LogP contribution in [0.1, 0.15) is 51.8 Å². The van der Waals surface area contributed by atoms with Crippen LogP contribution in [0.2, 0.25) is 0 Å². The highest BCUT2D eigenvalue weighted by atomic mass is 16.5. The molecular weight excluding hydrogens is 360 g/mol. The lowest BCUT2D eigenvalue weighted by Crippen LogP contribution is -2.48. The second kappa shape index (κ2) is 9.52. The first-order chi connectivity index (χ1) is 13.6. The number of hydrogen-bond acceptors (Lipinski definition) is 6. The molecule has 0 aromatic carbocycles. The van der Waals surface area contributed by atoms with Crippen LogP contribution in [0, 0.1) is 5.92 Å². The summed E-state index contributed by atoms with van der Waals surface area (Å²) in [5, 5.41) is 6.91. The van der Waals surface area contributed by atoms with Crippen LogP contribution in [0.25, 0.3) is 11.6 Å². The Bertz CT molecular complexity index is 759. The van der Waals surface area contributed by atoms with Gasteiger partial charge in [-0.25, -0.2) is 0 Å². The van der Waals surface area contributed by atoms with Crippen molar-refractivity contribution in [2.75, 3.05) is 13.1 Å². The largest absolute Gasteiger partial charge is 0.461 e. The Morgan fingerprint density at radius 3 is 2.68 bits per heavy atom. The van der Waals surface area contributed by atoms with Crippen molar-refractivity contribution in [2.45, 2.75) is 58.4 Å². The number of amides is 2. The molecule has 1 aliphatic heterocycles. The number of carbonyl (C=O) groups excluding carboxylic acids is 2. The number of aryl methyl sites for hydroxylation is 1. The fraction of sp³-hybridized carbons (Fsp3) is 0.600. The van der Waals surface area contributed by atoms with Crippen molar-refractivity contribution in [2.24, 2.45) is 5.92 Å². The third-order valence-corrected chi connectivity index (χ3v) is 5.28. The summed E-state index contributed by atoms with van der Waals surface area (Å²) in [6.45, 7) is 5.52. The average Bonchev–Trinajstić information content (AvgIpc) is 3.39. The molecule has 28 heavy (non-hydrogen) atoms. The monoisotopic (exact) mass is 388 g/mol. The van der Waals surface area contributed by atoms with E-state index in [0.29, 0.717) is 37.0 Å². The van der Waals surface area contributed by atoms with Crippen molar-refractivity contribution in [3.63, 3.8) is 0 Å². The van der Waals surface area contributed by atoms with E-state index in [1.165, 1.54) is 0 Å². The van der Waals surface area contributed by atoms with Crippen LogP contribution in [-0.2, 0) is 16.0 Å². The van der Waals surface area contributed by atoms with Gasteiger partial charge in [-0.1, -0.05) is 19.0 Å². The normalized spacial score (nSPS) is 15.2. The maximum Gasteiger partial charge on any atom is 0.238 e. The molecule has 2 aromatic heterocycles. The Hall–Kier alpha value is -2.64. The second-order valence-electron chi connectivity index (χ2n) is 7.17. The van der Waals surface area contributed by atoms with Gasteiger partial charge in [0.1, 0.15) is 0 Å². The number of nitrogens with zero attached hydrogens (tertiary/aromatic N) is 3. The summed E-state index contributed by atoms with van der Waals surface area (Å²) in [6.07, 6.45) is 5.55. The van der Waals surface area contributed by atoms with Gasteiger partial charge in [0.05, 0.1) is 6.26 Å². The molecule has 2 amide bonds. The molecule has 0 atom stereocenters. The molecular formula is C20H28N4O4. The highest BCUT2D eigenvalue weighted by Gasteiger charge is 2.27. The molecule has 152 valence electrons. The standard InChI is InChI=1S/C20H28N4O4/c1-3-14(4-2)20(26)24-11-9-15(10-12-24)21-17(25)7-8-18-22-19(23-28-18)16-6-5-13-27-16/h5-6,13-15H,3-4,7-12H2,1-2H3,(H,21,25). The first kappa shape index (κ1) is 20.1. The average molecular weight is 388 g/mol. The molecule has 0 bridgehead atoms. The zero-order valence-electron chi connectivity index (χ0n) is 16.5.